The van der Waals surface area contributed by atoms with Crippen LogP contribution in [-0.4, -0.2) is 21.3 Å². The van der Waals surface area contributed by atoms with E-state index in [1.807, 2.05) is 19.1 Å². The Balaban J connectivity index is 3.31. The molecule has 0 saturated heterocycles. The van der Waals surface area contributed by atoms with Gasteiger partial charge in [-0.2, -0.15) is 0 Å². The molecule has 0 heterocycles. The van der Waals surface area contributed by atoms with Gasteiger partial charge in [-0.25, -0.2) is 0 Å². The lowest BCUT2D eigenvalue weighted by Gasteiger charge is -2.18. The van der Waals surface area contributed by atoms with Crippen LogP contribution in [0, 0.1) is 0 Å². The molecule has 1 aromatic rings. The summed E-state index contributed by atoms with van der Waals surface area (Å²) in [6, 6.07) is 3.52. The minimum absolute atomic E-state index is 0.101. The monoisotopic (exact) mass is 225 g/mol. The van der Waals surface area contributed by atoms with Crippen LogP contribution >= 0.6 is 0 Å². The average Bonchev–Trinajstić information content (AvgIpc) is 2.35. The van der Waals surface area contributed by atoms with Crippen LogP contribution in [0.5, 0.6) is 17.2 Å². The lowest BCUT2D eigenvalue weighted by atomic mass is 10.0. The van der Waals surface area contributed by atoms with E-state index in [2.05, 4.69) is 0 Å². The van der Waals surface area contributed by atoms with Crippen molar-refractivity contribution in [2.75, 3.05) is 21.3 Å². The van der Waals surface area contributed by atoms with Crippen molar-refractivity contribution in [2.24, 2.45) is 5.73 Å². The molecule has 1 rings (SSSR count). The molecule has 4 nitrogen and oxygen atoms in total. The summed E-state index contributed by atoms with van der Waals surface area (Å²) in [6.07, 6.45) is 0.819. The molecule has 4 heteroatoms. The van der Waals surface area contributed by atoms with Crippen molar-refractivity contribution in [3.8, 4) is 17.2 Å². The number of ether oxygens (including phenoxy) is 3. The maximum atomic E-state index is 6.04. The fraction of sp³-hybridized carbons (Fsp3) is 0.500. The van der Waals surface area contributed by atoms with Crippen molar-refractivity contribution < 1.29 is 14.2 Å². The third-order valence-corrected chi connectivity index (χ3v) is 2.56. The predicted octanol–water partition coefficient (Wildman–Crippen LogP) is 2.12. The summed E-state index contributed by atoms with van der Waals surface area (Å²) in [4.78, 5) is 0. The van der Waals surface area contributed by atoms with Gasteiger partial charge in [-0.15, -0.1) is 0 Å². The van der Waals surface area contributed by atoms with Crippen LogP contribution in [0.4, 0.5) is 0 Å². The highest BCUT2D eigenvalue weighted by Gasteiger charge is 2.18. The van der Waals surface area contributed by atoms with Crippen LogP contribution in [0.3, 0.4) is 0 Å². The number of nitrogens with two attached hydrogens (primary N) is 1. The molecule has 0 amide bonds. The number of rotatable bonds is 5. The average molecular weight is 225 g/mol. The van der Waals surface area contributed by atoms with E-state index in [1.54, 1.807) is 21.3 Å². The second-order valence-corrected chi connectivity index (χ2v) is 3.46. The summed E-state index contributed by atoms with van der Waals surface area (Å²) in [5.41, 5.74) is 6.92. The maximum absolute atomic E-state index is 6.04. The molecule has 0 bridgehead atoms. The van der Waals surface area contributed by atoms with Gasteiger partial charge in [-0.3, -0.25) is 0 Å². The van der Waals surface area contributed by atoms with E-state index in [0.717, 1.165) is 12.0 Å². The standard InChI is InChI=1S/C12H19NO3/c1-5-9(13)12-10(15-3)6-8(14-2)7-11(12)16-4/h6-7,9H,5,13H2,1-4H3/t9-/m0/s1. The second kappa shape index (κ2) is 5.61. The molecule has 0 aliphatic carbocycles. The van der Waals surface area contributed by atoms with E-state index in [4.69, 9.17) is 19.9 Å². The van der Waals surface area contributed by atoms with Crippen LogP contribution < -0.4 is 19.9 Å². The minimum atomic E-state index is -0.101. The van der Waals surface area contributed by atoms with Crippen LogP contribution in [0.15, 0.2) is 12.1 Å². The Morgan fingerprint density at radius 3 is 1.88 bits per heavy atom. The summed E-state index contributed by atoms with van der Waals surface area (Å²) in [5, 5.41) is 0. The van der Waals surface area contributed by atoms with Crippen molar-refractivity contribution in [3.63, 3.8) is 0 Å². The fourth-order valence-electron chi connectivity index (χ4n) is 1.60. The SMILES string of the molecule is CC[C@H](N)c1c(OC)cc(OC)cc1OC. The minimum Gasteiger partial charge on any atom is -0.496 e. The van der Waals surface area contributed by atoms with Crippen LogP contribution in [0.2, 0.25) is 0 Å². The third-order valence-electron chi connectivity index (χ3n) is 2.56. The Bertz CT molecular complexity index is 327. The zero-order valence-corrected chi connectivity index (χ0v) is 10.2. The van der Waals surface area contributed by atoms with Gasteiger partial charge in [0.2, 0.25) is 0 Å². The first-order valence-electron chi connectivity index (χ1n) is 5.23. The summed E-state index contributed by atoms with van der Waals surface area (Å²) in [7, 11) is 4.83. The van der Waals surface area contributed by atoms with E-state index >= 15 is 0 Å². The molecule has 0 saturated carbocycles. The molecule has 0 spiro atoms. The number of hydrogen-bond donors (Lipinski definition) is 1. The molecular formula is C12H19NO3. The number of methoxy groups -OCH3 is 3. The van der Waals surface area contributed by atoms with Gasteiger partial charge in [0.1, 0.15) is 17.2 Å². The quantitative estimate of drug-likeness (QED) is 0.834. The largest absolute Gasteiger partial charge is 0.496 e. The van der Waals surface area contributed by atoms with Crippen molar-refractivity contribution in [1.29, 1.82) is 0 Å². The van der Waals surface area contributed by atoms with Gasteiger partial charge in [-0.05, 0) is 6.42 Å². The molecule has 2 N–H and O–H groups in total. The maximum Gasteiger partial charge on any atom is 0.131 e. The van der Waals surface area contributed by atoms with Gasteiger partial charge in [-0.1, -0.05) is 6.92 Å². The number of benzene rings is 1. The van der Waals surface area contributed by atoms with Crippen LogP contribution in [0.25, 0.3) is 0 Å². The van der Waals surface area contributed by atoms with Gasteiger partial charge in [0.15, 0.2) is 0 Å². The van der Waals surface area contributed by atoms with Gasteiger partial charge >= 0.3 is 0 Å². The molecule has 0 unspecified atom stereocenters. The summed E-state index contributed by atoms with van der Waals surface area (Å²) in [6.45, 7) is 2.02. The molecule has 0 radical (unpaired) electrons. The van der Waals surface area contributed by atoms with E-state index in [-0.39, 0.29) is 6.04 Å². The zero-order valence-electron chi connectivity index (χ0n) is 10.2. The molecule has 0 aromatic heterocycles. The predicted molar refractivity (Wildman–Crippen MR) is 63.3 cm³/mol. The van der Waals surface area contributed by atoms with Gasteiger partial charge in [0, 0.05) is 18.2 Å². The summed E-state index contributed by atoms with van der Waals surface area (Å²) >= 11 is 0. The van der Waals surface area contributed by atoms with Gasteiger partial charge in [0.25, 0.3) is 0 Å². The zero-order chi connectivity index (χ0) is 12.1. The lowest BCUT2D eigenvalue weighted by molar-refractivity contribution is 0.363. The molecule has 1 aromatic carbocycles. The number of hydrogen-bond acceptors (Lipinski definition) is 4. The Labute approximate surface area is 96.3 Å². The molecule has 0 aliphatic rings. The fourth-order valence-corrected chi connectivity index (χ4v) is 1.60. The topological polar surface area (TPSA) is 53.7 Å². The van der Waals surface area contributed by atoms with Crippen molar-refractivity contribution >= 4 is 0 Å². The second-order valence-electron chi connectivity index (χ2n) is 3.46. The van der Waals surface area contributed by atoms with Crippen molar-refractivity contribution in [2.45, 2.75) is 19.4 Å². The highest BCUT2D eigenvalue weighted by molar-refractivity contribution is 5.52. The smallest absolute Gasteiger partial charge is 0.131 e. The first kappa shape index (κ1) is 12.6. The van der Waals surface area contributed by atoms with Gasteiger partial charge < -0.3 is 19.9 Å². The highest BCUT2D eigenvalue weighted by atomic mass is 16.5. The normalized spacial score (nSPS) is 12.1. The first-order valence-corrected chi connectivity index (χ1v) is 5.23. The van der Waals surface area contributed by atoms with E-state index < -0.39 is 0 Å². The first-order chi connectivity index (χ1) is 7.67. The Morgan fingerprint density at radius 1 is 1.06 bits per heavy atom. The summed E-state index contributed by atoms with van der Waals surface area (Å²) < 4.78 is 15.8. The Kier molecular flexibility index (Phi) is 4.43. The molecule has 16 heavy (non-hydrogen) atoms. The third kappa shape index (κ3) is 2.39. The van der Waals surface area contributed by atoms with E-state index in [9.17, 15) is 0 Å². The molecule has 90 valence electrons. The van der Waals surface area contributed by atoms with E-state index in [1.165, 1.54) is 0 Å². The molecular weight excluding hydrogens is 206 g/mol. The van der Waals surface area contributed by atoms with Crippen molar-refractivity contribution in [3.05, 3.63) is 17.7 Å². The van der Waals surface area contributed by atoms with Crippen molar-refractivity contribution in [1.82, 2.24) is 0 Å². The summed E-state index contributed by atoms with van der Waals surface area (Å²) in [5.74, 6) is 2.09. The molecule has 0 fully saturated rings. The van der Waals surface area contributed by atoms with Crippen LogP contribution in [-0.2, 0) is 0 Å². The Hall–Kier alpha value is -1.42. The van der Waals surface area contributed by atoms with Gasteiger partial charge in [0.05, 0.1) is 26.9 Å². The highest BCUT2D eigenvalue weighted by Crippen LogP contribution is 2.38. The van der Waals surface area contributed by atoms with E-state index in [0.29, 0.717) is 17.2 Å². The lowest BCUT2D eigenvalue weighted by Crippen LogP contribution is -2.12. The molecule has 1 atom stereocenters. The Morgan fingerprint density at radius 2 is 1.56 bits per heavy atom. The molecule has 0 aliphatic heterocycles. The van der Waals surface area contributed by atoms with Crippen LogP contribution in [0.1, 0.15) is 24.9 Å².